The average Bonchev–Trinajstić information content (AvgIpc) is 3.20. The van der Waals surface area contributed by atoms with E-state index in [4.69, 9.17) is 0 Å². The summed E-state index contributed by atoms with van der Waals surface area (Å²) in [6, 6.07) is 4.65. The van der Waals surface area contributed by atoms with Crippen LogP contribution in [0.15, 0.2) is 18.3 Å². The molecule has 5 rings (SSSR count). The molecule has 7 heteroatoms. The highest BCUT2D eigenvalue weighted by Crippen LogP contribution is 2.39. The number of nitrogens with one attached hydrogen (secondary N) is 2. The fraction of sp³-hybridized carbons (Fsp3) is 0.562. The lowest BCUT2D eigenvalue weighted by Gasteiger charge is -2.40. The third kappa shape index (κ3) is 2.35. The fourth-order valence-corrected chi connectivity index (χ4v) is 3.77. The van der Waals surface area contributed by atoms with Crippen molar-refractivity contribution in [2.75, 3.05) is 36.9 Å². The number of aromatic amines is 1. The molecule has 2 N–H and O–H groups in total. The molecule has 2 saturated heterocycles. The Morgan fingerprint density at radius 2 is 2.13 bits per heavy atom. The maximum absolute atomic E-state index is 4.67. The standard InChI is InChI=1S/C16H21N7/c1-22-7-11-8-23(9-13(11)22)16-17-5-4-14(19-16)18-15-6-12(20-21-15)10-2-3-10/h4-6,10-11,13H,2-3,7-9H2,1H3,(H2,17,18,19,20,21). The predicted octanol–water partition coefficient (Wildman–Crippen LogP) is 1.57. The first-order valence-electron chi connectivity index (χ1n) is 8.37. The molecule has 2 aromatic heterocycles. The van der Waals surface area contributed by atoms with Crippen molar-refractivity contribution in [2.24, 2.45) is 5.92 Å². The van der Waals surface area contributed by atoms with E-state index in [1.165, 1.54) is 25.1 Å². The molecule has 3 fully saturated rings. The van der Waals surface area contributed by atoms with Crippen molar-refractivity contribution in [2.45, 2.75) is 24.8 Å². The van der Waals surface area contributed by atoms with E-state index in [-0.39, 0.29) is 0 Å². The largest absolute Gasteiger partial charge is 0.339 e. The van der Waals surface area contributed by atoms with Gasteiger partial charge in [0, 0.05) is 55.5 Å². The summed E-state index contributed by atoms with van der Waals surface area (Å²) in [6.45, 7) is 3.28. The molecule has 0 bridgehead atoms. The highest BCUT2D eigenvalue weighted by atomic mass is 15.4. The number of H-pyrrole nitrogens is 1. The van der Waals surface area contributed by atoms with E-state index in [1.807, 2.05) is 12.3 Å². The van der Waals surface area contributed by atoms with Crippen LogP contribution in [0.5, 0.6) is 0 Å². The van der Waals surface area contributed by atoms with Crippen molar-refractivity contribution in [3.05, 3.63) is 24.0 Å². The van der Waals surface area contributed by atoms with Gasteiger partial charge in [-0.25, -0.2) is 4.98 Å². The van der Waals surface area contributed by atoms with E-state index in [0.717, 1.165) is 36.6 Å². The SMILES string of the molecule is CN1CC2CN(c3nccc(Nc4cc(C5CC5)[nH]n4)n3)CC21. The van der Waals surface area contributed by atoms with Gasteiger partial charge in [0.25, 0.3) is 0 Å². The molecule has 23 heavy (non-hydrogen) atoms. The summed E-state index contributed by atoms with van der Waals surface area (Å²) in [5, 5.41) is 10.7. The lowest BCUT2D eigenvalue weighted by molar-refractivity contribution is 0.0827. The Morgan fingerprint density at radius 1 is 1.22 bits per heavy atom. The van der Waals surface area contributed by atoms with Gasteiger partial charge in [-0.3, -0.25) is 5.10 Å². The van der Waals surface area contributed by atoms with Crippen LogP contribution >= 0.6 is 0 Å². The van der Waals surface area contributed by atoms with Gasteiger partial charge in [0.05, 0.1) is 0 Å². The lowest BCUT2D eigenvalue weighted by Crippen LogP contribution is -2.52. The Morgan fingerprint density at radius 3 is 2.91 bits per heavy atom. The second-order valence-electron chi connectivity index (χ2n) is 7.02. The zero-order valence-electron chi connectivity index (χ0n) is 13.2. The summed E-state index contributed by atoms with van der Waals surface area (Å²) < 4.78 is 0. The van der Waals surface area contributed by atoms with Crippen LogP contribution in [-0.4, -0.2) is 57.8 Å². The number of likely N-dealkylation sites (tertiary alicyclic amines) is 1. The van der Waals surface area contributed by atoms with Crippen molar-refractivity contribution >= 4 is 17.6 Å². The van der Waals surface area contributed by atoms with E-state index < -0.39 is 0 Å². The molecule has 120 valence electrons. The van der Waals surface area contributed by atoms with Crippen molar-refractivity contribution in [3.8, 4) is 0 Å². The number of likely N-dealkylation sites (N-methyl/N-ethyl adjacent to an activating group) is 1. The molecule has 3 aliphatic rings. The van der Waals surface area contributed by atoms with Gasteiger partial charge in [0.15, 0.2) is 5.82 Å². The Hall–Kier alpha value is -2.15. The molecule has 4 heterocycles. The first-order valence-corrected chi connectivity index (χ1v) is 8.37. The molecular weight excluding hydrogens is 290 g/mol. The van der Waals surface area contributed by atoms with Gasteiger partial charge >= 0.3 is 0 Å². The minimum atomic E-state index is 0.669. The van der Waals surface area contributed by atoms with Crippen molar-refractivity contribution in [1.82, 2.24) is 25.1 Å². The van der Waals surface area contributed by atoms with Crippen LogP contribution in [0.1, 0.15) is 24.5 Å². The van der Waals surface area contributed by atoms with Crippen LogP contribution in [0.25, 0.3) is 0 Å². The average molecular weight is 311 g/mol. The number of anilines is 3. The smallest absolute Gasteiger partial charge is 0.227 e. The topological polar surface area (TPSA) is 73.0 Å². The van der Waals surface area contributed by atoms with E-state index in [1.54, 1.807) is 0 Å². The minimum Gasteiger partial charge on any atom is -0.339 e. The first kappa shape index (κ1) is 13.3. The summed E-state index contributed by atoms with van der Waals surface area (Å²) in [7, 11) is 2.19. The zero-order valence-corrected chi connectivity index (χ0v) is 13.2. The molecule has 0 radical (unpaired) electrons. The van der Waals surface area contributed by atoms with E-state index >= 15 is 0 Å². The molecule has 1 aliphatic carbocycles. The van der Waals surface area contributed by atoms with Gasteiger partial charge in [-0.15, -0.1) is 0 Å². The molecule has 2 aromatic rings. The minimum absolute atomic E-state index is 0.669. The van der Waals surface area contributed by atoms with Crippen LogP contribution in [0.3, 0.4) is 0 Å². The highest BCUT2D eigenvalue weighted by molar-refractivity contribution is 5.54. The van der Waals surface area contributed by atoms with Crippen LogP contribution < -0.4 is 10.2 Å². The number of aromatic nitrogens is 4. The Labute approximate surface area is 135 Å². The van der Waals surface area contributed by atoms with Gasteiger partial charge in [0.1, 0.15) is 5.82 Å². The maximum atomic E-state index is 4.67. The van der Waals surface area contributed by atoms with Gasteiger partial charge < -0.3 is 15.1 Å². The van der Waals surface area contributed by atoms with Gasteiger partial charge in [-0.05, 0) is 26.0 Å². The molecule has 0 aromatic carbocycles. The van der Waals surface area contributed by atoms with Crippen molar-refractivity contribution in [3.63, 3.8) is 0 Å². The molecule has 1 saturated carbocycles. The number of nitrogens with zero attached hydrogens (tertiary/aromatic N) is 5. The summed E-state index contributed by atoms with van der Waals surface area (Å²) in [6.07, 6.45) is 4.36. The summed E-state index contributed by atoms with van der Waals surface area (Å²) in [5.74, 6) is 3.90. The molecule has 2 atom stereocenters. The second kappa shape index (κ2) is 4.92. The third-order valence-corrected chi connectivity index (χ3v) is 5.29. The monoisotopic (exact) mass is 311 g/mol. The highest BCUT2D eigenvalue weighted by Gasteiger charge is 2.44. The van der Waals surface area contributed by atoms with E-state index in [9.17, 15) is 0 Å². The Kier molecular flexibility index (Phi) is 2.85. The number of fused-ring (bicyclic) bond motifs is 1. The maximum Gasteiger partial charge on any atom is 0.227 e. The molecular formula is C16H21N7. The fourth-order valence-electron chi connectivity index (χ4n) is 3.77. The van der Waals surface area contributed by atoms with Crippen LogP contribution in [0.4, 0.5) is 17.6 Å². The van der Waals surface area contributed by atoms with Gasteiger partial charge in [-0.2, -0.15) is 10.1 Å². The summed E-state index contributed by atoms with van der Waals surface area (Å²) in [4.78, 5) is 13.8. The number of hydrogen-bond donors (Lipinski definition) is 2. The lowest BCUT2D eigenvalue weighted by atomic mass is 9.93. The Bertz CT molecular complexity index is 723. The molecule has 0 amide bonds. The quantitative estimate of drug-likeness (QED) is 0.893. The number of rotatable bonds is 4. The number of hydrogen-bond acceptors (Lipinski definition) is 6. The zero-order chi connectivity index (χ0) is 15.4. The first-order chi connectivity index (χ1) is 11.3. The van der Waals surface area contributed by atoms with Crippen molar-refractivity contribution in [1.29, 1.82) is 0 Å². The van der Waals surface area contributed by atoms with Crippen LogP contribution in [0, 0.1) is 5.92 Å². The summed E-state index contributed by atoms with van der Waals surface area (Å²) in [5.41, 5.74) is 1.22. The summed E-state index contributed by atoms with van der Waals surface area (Å²) >= 11 is 0. The molecule has 2 unspecified atom stereocenters. The third-order valence-electron chi connectivity index (χ3n) is 5.29. The predicted molar refractivity (Wildman–Crippen MR) is 88.0 cm³/mol. The molecule has 2 aliphatic heterocycles. The normalized spacial score (nSPS) is 26.9. The molecule has 7 nitrogen and oxygen atoms in total. The van der Waals surface area contributed by atoms with Crippen LogP contribution in [0.2, 0.25) is 0 Å². The van der Waals surface area contributed by atoms with Crippen LogP contribution in [-0.2, 0) is 0 Å². The van der Waals surface area contributed by atoms with Gasteiger partial charge in [0.2, 0.25) is 5.95 Å². The molecule has 0 spiro atoms. The Balaban J connectivity index is 1.31. The van der Waals surface area contributed by atoms with E-state index in [2.05, 4.69) is 48.4 Å². The second-order valence-corrected chi connectivity index (χ2v) is 7.02. The van der Waals surface area contributed by atoms with Gasteiger partial charge in [-0.1, -0.05) is 0 Å². The van der Waals surface area contributed by atoms with Crippen molar-refractivity contribution < 1.29 is 0 Å². The van der Waals surface area contributed by atoms with E-state index in [0.29, 0.717) is 12.0 Å².